The summed E-state index contributed by atoms with van der Waals surface area (Å²) >= 11 is 0. The average molecular weight is 383 g/mol. The molecule has 4 heteroatoms. The average Bonchev–Trinajstić information content (AvgIpc) is 3.20. The summed E-state index contributed by atoms with van der Waals surface area (Å²) in [5.74, 6) is 6.87. The van der Waals surface area contributed by atoms with Crippen LogP contribution in [0.2, 0.25) is 0 Å². The van der Waals surface area contributed by atoms with Crippen molar-refractivity contribution < 1.29 is 9.90 Å². The van der Waals surface area contributed by atoms with Gasteiger partial charge in [-0.3, -0.25) is 9.69 Å². The van der Waals surface area contributed by atoms with Gasteiger partial charge in [-0.05, 0) is 76.1 Å². The molecule has 0 aromatic heterocycles. The van der Waals surface area contributed by atoms with Crippen molar-refractivity contribution in [2.75, 3.05) is 26.2 Å². The molecule has 1 amide bonds. The molecule has 0 radical (unpaired) electrons. The number of carbonyl (C=O) groups excluding carboxylic acids is 1. The van der Waals surface area contributed by atoms with Gasteiger partial charge in [-0.25, -0.2) is 0 Å². The van der Waals surface area contributed by atoms with Crippen molar-refractivity contribution >= 4 is 5.91 Å². The van der Waals surface area contributed by atoms with Crippen LogP contribution >= 0.6 is 0 Å². The number of hydrogen-bond acceptors (Lipinski definition) is 3. The van der Waals surface area contributed by atoms with E-state index < -0.39 is 5.60 Å². The molecule has 1 atom stereocenters. The fraction of sp³-hybridized carbons (Fsp3) is 0.625. The van der Waals surface area contributed by atoms with Gasteiger partial charge < -0.3 is 10.0 Å². The first-order chi connectivity index (χ1) is 13.4. The summed E-state index contributed by atoms with van der Waals surface area (Å²) in [7, 11) is 0. The summed E-state index contributed by atoms with van der Waals surface area (Å²) in [5.41, 5.74) is 1.27. The van der Waals surface area contributed by atoms with Crippen LogP contribution in [-0.4, -0.2) is 52.6 Å². The highest BCUT2D eigenvalue weighted by atomic mass is 16.3. The highest BCUT2D eigenvalue weighted by Gasteiger charge is 2.23. The Balaban J connectivity index is 1.46. The lowest BCUT2D eigenvalue weighted by atomic mass is 9.93. The molecular formula is C24H34N2O2. The first kappa shape index (κ1) is 20.9. The number of piperidine rings is 1. The lowest BCUT2D eigenvalue weighted by Crippen LogP contribution is -2.35. The minimum atomic E-state index is -0.961. The maximum atomic E-state index is 12.3. The molecule has 0 spiro atoms. The quantitative estimate of drug-likeness (QED) is 0.794. The normalized spacial score (nSPS) is 20.7. The Kier molecular flexibility index (Phi) is 7.15. The minimum absolute atomic E-state index is 0.359. The molecule has 2 aliphatic rings. The Morgan fingerprint density at radius 3 is 2.54 bits per heavy atom. The van der Waals surface area contributed by atoms with E-state index in [1.165, 1.54) is 31.2 Å². The van der Waals surface area contributed by atoms with Crippen molar-refractivity contribution in [1.82, 2.24) is 9.80 Å². The molecule has 4 nitrogen and oxygen atoms in total. The van der Waals surface area contributed by atoms with Gasteiger partial charge in [0.05, 0.1) is 0 Å². The van der Waals surface area contributed by atoms with E-state index in [0.29, 0.717) is 18.2 Å². The number of nitrogens with zero attached hydrogens (tertiary/aromatic N) is 2. The molecule has 1 N–H and O–H groups in total. The van der Waals surface area contributed by atoms with Crippen LogP contribution < -0.4 is 0 Å². The molecule has 0 bridgehead atoms. The van der Waals surface area contributed by atoms with Crippen LogP contribution in [0.4, 0.5) is 0 Å². The Hall–Kier alpha value is -1.83. The first-order valence-corrected chi connectivity index (χ1v) is 10.7. The Morgan fingerprint density at radius 2 is 1.86 bits per heavy atom. The molecule has 3 rings (SSSR count). The zero-order chi connectivity index (χ0) is 20.0. The summed E-state index contributed by atoms with van der Waals surface area (Å²) in [6, 6.07) is 8.33. The molecule has 2 aliphatic heterocycles. The van der Waals surface area contributed by atoms with Crippen LogP contribution in [0.1, 0.15) is 63.5 Å². The molecule has 1 unspecified atom stereocenters. The number of aliphatic hydroxyl groups is 1. The SMILES string of the molecule is CC(C)(O)C#Cc1ccc(CN2CCCC(CCC(=O)N3CCCC3)C2)cc1. The smallest absolute Gasteiger partial charge is 0.222 e. The monoisotopic (exact) mass is 382 g/mol. The predicted molar refractivity (Wildman–Crippen MR) is 113 cm³/mol. The van der Waals surface area contributed by atoms with Gasteiger partial charge >= 0.3 is 0 Å². The maximum absolute atomic E-state index is 12.3. The molecule has 1 aromatic rings. The zero-order valence-electron chi connectivity index (χ0n) is 17.4. The van der Waals surface area contributed by atoms with E-state index in [4.69, 9.17) is 0 Å². The molecule has 0 saturated carbocycles. The second-order valence-electron chi connectivity index (χ2n) is 8.88. The molecular weight excluding hydrogens is 348 g/mol. The number of rotatable bonds is 5. The fourth-order valence-corrected chi connectivity index (χ4v) is 4.16. The topological polar surface area (TPSA) is 43.8 Å². The zero-order valence-corrected chi connectivity index (χ0v) is 17.4. The van der Waals surface area contributed by atoms with Crippen molar-refractivity contribution in [2.45, 2.75) is 64.5 Å². The van der Waals surface area contributed by atoms with Crippen molar-refractivity contribution in [3.63, 3.8) is 0 Å². The van der Waals surface area contributed by atoms with E-state index in [-0.39, 0.29) is 0 Å². The standard InChI is InChI=1S/C24H34N2O2/c1-24(2,28)14-13-20-7-9-22(10-8-20)19-25-15-5-6-21(18-25)11-12-23(27)26-16-3-4-17-26/h7-10,21,28H,3-6,11-12,15-19H2,1-2H3. The fourth-order valence-electron chi connectivity index (χ4n) is 4.16. The summed E-state index contributed by atoms with van der Waals surface area (Å²) in [6.07, 6.45) is 6.55. The van der Waals surface area contributed by atoms with Crippen molar-refractivity contribution in [2.24, 2.45) is 5.92 Å². The van der Waals surface area contributed by atoms with Crippen molar-refractivity contribution in [1.29, 1.82) is 0 Å². The highest BCUT2D eigenvalue weighted by Crippen LogP contribution is 2.23. The van der Waals surface area contributed by atoms with Crippen molar-refractivity contribution in [3.8, 4) is 11.8 Å². The lowest BCUT2D eigenvalue weighted by molar-refractivity contribution is -0.130. The maximum Gasteiger partial charge on any atom is 0.222 e. The summed E-state index contributed by atoms with van der Waals surface area (Å²) in [6.45, 7) is 8.50. The summed E-state index contributed by atoms with van der Waals surface area (Å²) in [4.78, 5) is 16.9. The third kappa shape index (κ3) is 6.65. The van der Waals surface area contributed by atoms with Gasteiger partial charge in [0.2, 0.25) is 5.91 Å². The summed E-state index contributed by atoms with van der Waals surface area (Å²) < 4.78 is 0. The third-order valence-corrected chi connectivity index (χ3v) is 5.70. The van der Waals surface area contributed by atoms with E-state index in [9.17, 15) is 9.90 Å². The van der Waals surface area contributed by atoms with Crippen LogP contribution in [0.3, 0.4) is 0 Å². The van der Waals surface area contributed by atoms with Crippen LogP contribution in [0.15, 0.2) is 24.3 Å². The van der Waals surface area contributed by atoms with Gasteiger partial charge in [-0.1, -0.05) is 24.0 Å². The minimum Gasteiger partial charge on any atom is -0.378 e. The van der Waals surface area contributed by atoms with E-state index in [0.717, 1.165) is 44.7 Å². The largest absolute Gasteiger partial charge is 0.378 e. The van der Waals surface area contributed by atoms with E-state index >= 15 is 0 Å². The molecule has 28 heavy (non-hydrogen) atoms. The predicted octanol–water partition coefficient (Wildman–Crippen LogP) is 3.42. The van der Waals surface area contributed by atoms with Gasteiger partial charge in [0.15, 0.2) is 0 Å². The first-order valence-electron chi connectivity index (χ1n) is 10.7. The van der Waals surface area contributed by atoms with Gasteiger partial charge in [-0.15, -0.1) is 0 Å². The third-order valence-electron chi connectivity index (χ3n) is 5.70. The Bertz CT molecular complexity index is 703. The van der Waals surface area contributed by atoms with Gasteiger partial charge in [0, 0.05) is 38.2 Å². The van der Waals surface area contributed by atoms with E-state index in [1.807, 2.05) is 17.0 Å². The molecule has 2 heterocycles. The van der Waals surface area contributed by atoms with Crippen LogP contribution in [-0.2, 0) is 11.3 Å². The number of carbonyl (C=O) groups is 1. The molecule has 2 saturated heterocycles. The van der Waals surface area contributed by atoms with Crippen LogP contribution in [0, 0.1) is 17.8 Å². The number of hydrogen-bond donors (Lipinski definition) is 1. The highest BCUT2D eigenvalue weighted by molar-refractivity contribution is 5.76. The Labute approximate surface area is 169 Å². The lowest BCUT2D eigenvalue weighted by Gasteiger charge is -2.33. The molecule has 152 valence electrons. The molecule has 2 fully saturated rings. The number of likely N-dealkylation sites (tertiary alicyclic amines) is 2. The van der Waals surface area contributed by atoms with Crippen molar-refractivity contribution in [3.05, 3.63) is 35.4 Å². The van der Waals surface area contributed by atoms with Gasteiger partial charge in [-0.2, -0.15) is 0 Å². The van der Waals surface area contributed by atoms with Crippen LogP contribution in [0.5, 0.6) is 0 Å². The van der Waals surface area contributed by atoms with Crippen LogP contribution in [0.25, 0.3) is 0 Å². The number of amides is 1. The molecule has 1 aromatic carbocycles. The second kappa shape index (κ2) is 9.58. The molecule has 0 aliphatic carbocycles. The summed E-state index contributed by atoms with van der Waals surface area (Å²) in [5, 5.41) is 9.71. The second-order valence-corrected chi connectivity index (χ2v) is 8.88. The van der Waals surface area contributed by atoms with Gasteiger partial charge in [0.1, 0.15) is 5.60 Å². The van der Waals surface area contributed by atoms with E-state index in [2.05, 4.69) is 28.9 Å². The van der Waals surface area contributed by atoms with E-state index in [1.54, 1.807) is 13.8 Å². The Morgan fingerprint density at radius 1 is 1.14 bits per heavy atom. The number of benzene rings is 1. The van der Waals surface area contributed by atoms with Gasteiger partial charge in [0.25, 0.3) is 0 Å².